The zero-order valence-corrected chi connectivity index (χ0v) is 13.8. The van der Waals surface area contributed by atoms with Gasteiger partial charge in [0, 0.05) is 17.8 Å². The van der Waals surface area contributed by atoms with E-state index < -0.39 is 6.04 Å². The van der Waals surface area contributed by atoms with Crippen molar-refractivity contribution >= 4 is 17.5 Å². The Kier molecular flexibility index (Phi) is 4.66. The maximum absolute atomic E-state index is 12.3. The number of fused-ring (bicyclic) bond motifs is 1. The van der Waals surface area contributed by atoms with E-state index in [4.69, 9.17) is 0 Å². The third-order valence-corrected chi connectivity index (χ3v) is 4.88. The summed E-state index contributed by atoms with van der Waals surface area (Å²) in [6.07, 6.45) is 4.62. The van der Waals surface area contributed by atoms with Crippen molar-refractivity contribution in [3.05, 3.63) is 29.3 Å². The Bertz CT molecular complexity index is 614. The topological polar surface area (TPSA) is 70.2 Å². The molecular formula is C18H25N3O2. The molecule has 124 valence electrons. The number of carbonyl (C=O) groups is 2. The lowest BCUT2D eigenvalue weighted by Gasteiger charge is -2.40. The minimum atomic E-state index is -0.431. The molecule has 0 aromatic heterocycles. The minimum Gasteiger partial charge on any atom is -0.350 e. The molecule has 5 heteroatoms. The Labute approximate surface area is 137 Å². The van der Waals surface area contributed by atoms with Gasteiger partial charge in [-0.15, -0.1) is 0 Å². The maximum atomic E-state index is 12.3. The molecule has 1 aromatic carbocycles. The summed E-state index contributed by atoms with van der Waals surface area (Å²) in [4.78, 5) is 24.5. The molecule has 2 fully saturated rings. The first kappa shape index (κ1) is 16.0. The van der Waals surface area contributed by atoms with E-state index in [2.05, 4.69) is 16.0 Å². The monoisotopic (exact) mass is 315 g/mol. The Morgan fingerprint density at radius 2 is 1.96 bits per heavy atom. The van der Waals surface area contributed by atoms with Gasteiger partial charge in [0.25, 0.3) is 0 Å². The van der Waals surface area contributed by atoms with Crippen LogP contribution in [0.15, 0.2) is 18.2 Å². The normalized spacial score (nSPS) is 27.0. The van der Waals surface area contributed by atoms with E-state index in [1.54, 1.807) is 0 Å². The molecule has 3 atom stereocenters. The van der Waals surface area contributed by atoms with Crippen LogP contribution in [0.2, 0.25) is 0 Å². The largest absolute Gasteiger partial charge is 0.350 e. The smallest absolute Gasteiger partial charge is 0.237 e. The molecule has 0 bridgehead atoms. The minimum absolute atomic E-state index is 0.0516. The van der Waals surface area contributed by atoms with E-state index in [9.17, 15) is 9.59 Å². The number of piperazine rings is 1. The second-order valence-corrected chi connectivity index (χ2v) is 6.80. The van der Waals surface area contributed by atoms with Crippen LogP contribution in [0.3, 0.4) is 0 Å². The van der Waals surface area contributed by atoms with Crippen LogP contribution >= 0.6 is 0 Å². The quantitative estimate of drug-likeness (QED) is 0.799. The number of hydrogen-bond donors (Lipinski definition) is 3. The van der Waals surface area contributed by atoms with Crippen molar-refractivity contribution in [2.24, 2.45) is 0 Å². The van der Waals surface area contributed by atoms with Gasteiger partial charge in [-0.2, -0.15) is 0 Å². The van der Waals surface area contributed by atoms with E-state index >= 15 is 0 Å². The number of rotatable bonds is 3. The predicted octanol–water partition coefficient (Wildman–Crippen LogP) is 2.03. The molecule has 0 unspecified atom stereocenters. The van der Waals surface area contributed by atoms with E-state index in [1.807, 2.05) is 32.0 Å². The van der Waals surface area contributed by atoms with Crippen molar-refractivity contribution in [3.63, 3.8) is 0 Å². The molecule has 0 radical (unpaired) electrons. The second kappa shape index (κ2) is 6.71. The highest BCUT2D eigenvalue weighted by Gasteiger charge is 2.36. The van der Waals surface area contributed by atoms with Gasteiger partial charge in [0.15, 0.2) is 0 Å². The molecule has 1 saturated carbocycles. The first-order valence-electron chi connectivity index (χ1n) is 8.46. The molecule has 2 aliphatic rings. The highest BCUT2D eigenvalue weighted by atomic mass is 16.2. The average Bonchev–Trinajstić information content (AvgIpc) is 2.51. The van der Waals surface area contributed by atoms with Crippen molar-refractivity contribution in [1.82, 2.24) is 10.6 Å². The first-order valence-corrected chi connectivity index (χ1v) is 8.46. The SMILES string of the molecule is Cc1ccc(C)c(NC(=O)C[C@@H]2N[C@@H]3CCCC[C@@H]3NC2=O)c1. The van der Waals surface area contributed by atoms with E-state index in [0.717, 1.165) is 29.7 Å². The number of anilines is 1. The van der Waals surface area contributed by atoms with Crippen molar-refractivity contribution < 1.29 is 9.59 Å². The van der Waals surface area contributed by atoms with Crippen molar-refractivity contribution in [3.8, 4) is 0 Å². The van der Waals surface area contributed by atoms with Gasteiger partial charge in [0.05, 0.1) is 12.5 Å². The number of aryl methyl sites for hydroxylation is 2. The average molecular weight is 315 g/mol. The number of hydrogen-bond acceptors (Lipinski definition) is 3. The van der Waals surface area contributed by atoms with E-state index in [-0.39, 0.29) is 24.3 Å². The fourth-order valence-corrected chi connectivity index (χ4v) is 3.53. The van der Waals surface area contributed by atoms with Gasteiger partial charge in [-0.3, -0.25) is 9.59 Å². The fraction of sp³-hybridized carbons (Fsp3) is 0.556. The zero-order valence-electron chi connectivity index (χ0n) is 13.8. The molecule has 1 aliphatic carbocycles. The number of carbonyl (C=O) groups excluding carboxylic acids is 2. The van der Waals surface area contributed by atoms with Crippen LogP contribution in [0.1, 0.15) is 43.2 Å². The van der Waals surface area contributed by atoms with E-state index in [0.29, 0.717) is 6.04 Å². The molecule has 3 N–H and O–H groups in total. The maximum Gasteiger partial charge on any atom is 0.237 e. The lowest BCUT2D eigenvalue weighted by atomic mass is 9.87. The third-order valence-electron chi connectivity index (χ3n) is 4.88. The molecule has 2 amide bonds. The molecular weight excluding hydrogens is 290 g/mol. The molecule has 0 spiro atoms. The van der Waals surface area contributed by atoms with Crippen molar-refractivity contribution in [2.75, 3.05) is 5.32 Å². The van der Waals surface area contributed by atoms with Crippen LogP contribution in [0.4, 0.5) is 5.69 Å². The molecule has 1 aromatic rings. The summed E-state index contributed by atoms with van der Waals surface area (Å²) in [5.41, 5.74) is 2.95. The highest BCUT2D eigenvalue weighted by Crippen LogP contribution is 2.23. The Morgan fingerprint density at radius 1 is 1.22 bits per heavy atom. The standard InChI is InChI=1S/C18H25N3O2/c1-11-7-8-12(2)15(9-11)20-17(22)10-16-18(23)21-14-6-4-3-5-13(14)19-16/h7-9,13-14,16,19H,3-6,10H2,1-2H3,(H,20,22)(H,21,23)/t13-,14+,16+/m1/s1. The van der Waals surface area contributed by atoms with Gasteiger partial charge in [0.2, 0.25) is 11.8 Å². The summed E-state index contributed by atoms with van der Waals surface area (Å²) in [7, 11) is 0. The van der Waals surface area contributed by atoms with Gasteiger partial charge < -0.3 is 16.0 Å². The van der Waals surface area contributed by atoms with Crippen molar-refractivity contribution in [2.45, 2.75) is 64.1 Å². The first-order chi connectivity index (χ1) is 11.0. The lowest BCUT2D eigenvalue weighted by Crippen LogP contribution is -2.65. The third kappa shape index (κ3) is 3.72. The van der Waals surface area contributed by atoms with Crippen LogP contribution in [-0.2, 0) is 9.59 Å². The van der Waals surface area contributed by atoms with Gasteiger partial charge in [-0.25, -0.2) is 0 Å². The summed E-state index contributed by atoms with van der Waals surface area (Å²) in [5.74, 6) is -0.176. The lowest BCUT2D eigenvalue weighted by molar-refractivity contribution is -0.129. The molecule has 1 aliphatic heterocycles. The second-order valence-electron chi connectivity index (χ2n) is 6.80. The zero-order chi connectivity index (χ0) is 16.4. The molecule has 23 heavy (non-hydrogen) atoms. The summed E-state index contributed by atoms with van der Waals surface area (Å²) >= 11 is 0. The fourth-order valence-electron chi connectivity index (χ4n) is 3.53. The van der Waals surface area contributed by atoms with Gasteiger partial charge in [-0.05, 0) is 43.9 Å². The molecule has 1 saturated heterocycles. The van der Waals surface area contributed by atoms with Crippen LogP contribution in [0, 0.1) is 13.8 Å². The Balaban J connectivity index is 1.61. The van der Waals surface area contributed by atoms with Gasteiger partial charge in [-0.1, -0.05) is 25.0 Å². The number of benzene rings is 1. The van der Waals surface area contributed by atoms with E-state index in [1.165, 1.54) is 12.8 Å². The van der Waals surface area contributed by atoms with Gasteiger partial charge >= 0.3 is 0 Å². The summed E-state index contributed by atoms with van der Waals surface area (Å²) in [5, 5.41) is 9.38. The molecule has 3 rings (SSSR count). The highest BCUT2D eigenvalue weighted by molar-refractivity contribution is 5.96. The summed E-state index contributed by atoms with van der Waals surface area (Å²) in [6, 6.07) is 6.07. The Morgan fingerprint density at radius 3 is 2.74 bits per heavy atom. The number of nitrogens with one attached hydrogen (secondary N) is 3. The van der Waals surface area contributed by atoms with Crippen molar-refractivity contribution in [1.29, 1.82) is 0 Å². The Hall–Kier alpha value is -1.88. The molecule has 5 nitrogen and oxygen atoms in total. The van der Waals surface area contributed by atoms with Crippen LogP contribution in [-0.4, -0.2) is 29.9 Å². The summed E-state index contributed by atoms with van der Waals surface area (Å²) in [6.45, 7) is 3.96. The van der Waals surface area contributed by atoms with Crippen LogP contribution in [0.5, 0.6) is 0 Å². The number of amides is 2. The summed E-state index contributed by atoms with van der Waals surface area (Å²) < 4.78 is 0. The van der Waals surface area contributed by atoms with Crippen LogP contribution in [0.25, 0.3) is 0 Å². The molecule has 1 heterocycles. The van der Waals surface area contributed by atoms with Gasteiger partial charge in [0.1, 0.15) is 0 Å². The van der Waals surface area contributed by atoms with Crippen LogP contribution < -0.4 is 16.0 Å². The predicted molar refractivity (Wildman–Crippen MR) is 90.3 cm³/mol.